The highest BCUT2D eigenvalue weighted by Gasteiger charge is 2.24. The molecule has 1 aromatic rings. The number of benzene rings is 1. The van der Waals surface area contributed by atoms with Gasteiger partial charge in [0, 0.05) is 27.8 Å². The summed E-state index contributed by atoms with van der Waals surface area (Å²) in [5.41, 5.74) is 5.55. The summed E-state index contributed by atoms with van der Waals surface area (Å²) in [6.45, 7) is 5.36. The summed E-state index contributed by atoms with van der Waals surface area (Å²) in [5, 5.41) is 23.1. The van der Waals surface area contributed by atoms with Crippen LogP contribution in [0, 0.1) is 0 Å². The Morgan fingerprint density at radius 2 is 1.83 bits per heavy atom. The van der Waals surface area contributed by atoms with Crippen molar-refractivity contribution in [3.8, 4) is 0 Å². The van der Waals surface area contributed by atoms with Crippen LogP contribution in [0.25, 0.3) is 0 Å². The molecule has 0 aliphatic heterocycles. The Morgan fingerprint density at radius 3 is 2.30 bits per heavy atom. The van der Waals surface area contributed by atoms with Gasteiger partial charge in [0.15, 0.2) is 0 Å². The maximum absolute atomic E-state index is 11.5. The molecule has 0 aliphatic carbocycles. The van der Waals surface area contributed by atoms with Gasteiger partial charge in [0.25, 0.3) is 0 Å². The van der Waals surface area contributed by atoms with Crippen molar-refractivity contribution in [1.29, 1.82) is 0 Å². The van der Waals surface area contributed by atoms with E-state index in [1.807, 2.05) is 0 Å². The highest BCUT2D eigenvalue weighted by molar-refractivity contribution is 6.36. The van der Waals surface area contributed by atoms with Crippen molar-refractivity contribution in [2.45, 2.75) is 45.0 Å². The van der Waals surface area contributed by atoms with Crippen molar-refractivity contribution in [3.63, 3.8) is 0 Å². The number of nitrogens with one attached hydrogen (secondary N) is 1. The van der Waals surface area contributed by atoms with E-state index in [-0.39, 0.29) is 28.6 Å². The SMILES string of the molecule is CC(C)(C)OC(=O)NCCC(O)C(O)c1c(Cl)cc(N)cc1Cl. The predicted octanol–water partition coefficient (Wildman–Crippen LogP) is 2.88. The molecule has 0 saturated carbocycles. The Labute approximate surface area is 145 Å². The second kappa shape index (κ2) is 8.06. The van der Waals surface area contributed by atoms with E-state index < -0.39 is 23.9 Å². The number of alkyl carbamates (subject to hydrolysis) is 1. The van der Waals surface area contributed by atoms with Crippen LogP contribution in [-0.4, -0.2) is 34.6 Å². The molecule has 130 valence electrons. The molecule has 1 rings (SSSR count). The van der Waals surface area contributed by atoms with Gasteiger partial charge in [0.2, 0.25) is 0 Å². The number of nitrogens with two attached hydrogens (primary N) is 1. The number of carbonyl (C=O) groups excluding carboxylic acids is 1. The number of ether oxygens (including phenoxy) is 1. The molecule has 0 aromatic heterocycles. The molecule has 0 spiro atoms. The minimum Gasteiger partial charge on any atom is -0.444 e. The molecular formula is C15H22Cl2N2O4. The van der Waals surface area contributed by atoms with Gasteiger partial charge in [0.05, 0.1) is 6.10 Å². The largest absolute Gasteiger partial charge is 0.444 e. The van der Waals surface area contributed by atoms with Crippen LogP contribution in [0.5, 0.6) is 0 Å². The monoisotopic (exact) mass is 364 g/mol. The highest BCUT2D eigenvalue weighted by Crippen LogP contribution is 2.34. The Balaban J connectivity index is 2.59. The third-order valence-electron chi connectivity index (χ3n) is 2.87. The van der Waals surface area contributed by atoms with Gasteiger partial charge in [-0.1, -0.05) is 23.2 Å². The zero-order valence-electron chi connectivity index (χ0n) is 13.3. The lowest BCUT2D eigenvalue weighted by atomic mass is 10.0. The maximum atomic E-state index is 11.5. The van der Waals surface area contributed by atoms with Crippen LogP contribution in [0.2, 0.25) is 10.0 Å². The topological polar surface area (TPSA) is 105 Å². The minimum atomic E-state index is -1.30. The molecule has 0 heterocycles. The summed E-state index contributed by atoms with van der Waals surface area (Å²) in [4.78, 5) is 11.5. The number of hydrogen-bond acceptors (Lipinski definition) is 5. The number of nitrogen functional groups attached to an aromatic ring is 1. The molecule has 6 nitrogen and oxygen atoms in total. The van der Waals surface area contributed by atoms with E-state index in [9.17, 15) is 15.0 Å². The number of anilines is 1. The molecule has 0 aliphatic rings. The molecule has 0 saturated heterocycles. The summed E-state index contributed by atoms with van der Waals surface area (Å²) in [7, 11) is 0. The summed E-state index contributed by atoms with van der Waals surface area (Å²) in [5.74, 6) is 0. The third kappa shape index (κ3) is 6.43. The van der Waals surface area contributed by atoms with Crippen molar-refractivity contribution in [2.75, 3.05) is 12.3 Å². The summed E-state index contributed by atoms with van der Waals surface area (Å²) in [6, 6.07) is 2.88. The first-order chi connectivity index (χ1) is 10.5. The Morgan fingerprint density at radius 1 is 1.30 bits per heavy atom. The van der Waals surface area contributed by atoms with Crippen LogP contribution in [-0.2, 0) is 4.74 Å². The zero-order valence-corrected chi connectivity index (χ0v) is 14.8. The van der Waals surface area contributed by atoms with E-state index in [0.29, 0.717) is 5.69 Å². The fourth-order valence-corrected chi connectivity index (χ4v) is 2.60. The number of hydrogen-bond donors (Lipinski definition) is 4. The Hall–Kier alpha value is -1.21. The van der Waals surface area contributed by atoms with Crippen molar-refractivity contribution in [2.24, 2.45) is 0 Å². The number of carbonyl (C=O) groups is 1. The zero-order chi connectivity index (χ0) is 17.8. The first-order valence-corrected chi connectivity index (χ1v) is 7.84. The van der Waals surface area contributed by atoms with Gasteiger partial charge < -0.3 is 26.0 Å². The van der Waals surface area contributed by atoms with Gasteiger partial charge in [-0.15, -0.1) is 0 Å². The van der Waals surface area contributed by atoms with E-state index in [1.54, 1.807) is 20.8 Å². The van der Waals surface area contributed by atoms with E-state index >= 15 is 0 Å². The van der Waals surface area contributed by atoms with E-state index in [0.717, 1.165) is 0 Å². The lowest BCUT2D eigenvalue weighted by molar-refractivity contribution is 0.0124. The summed E-state index contributed by atoms with van der Waals surface area (Å²) < 4.78 is 5.07. The molecule has 5 N–H and O–H groups in total. The maximum Gasteiger partial charge on any atom is 0.407 e. The first kappa shape index (κ1) is 19.8. The van der Waals surface area contributed by atoms with Crippen molar-refractivity contribution in [1.82, 2.24) is 5.32 Å². The number of halogens is 2. The normalized spacial score (nSPS) is 14.2. The van der Waals surface area contributed by atoms with Gasteiger partial charge >= 0.3 is 6.09 Å². The molecule has 2 unspecified atom stereocenters. The Bertz CT molecular complexity index is 538. The standard InChI is InChI=1S/C15H22Cl2N2O4/c1-15(2,3)23-14(22)19-5-4-11(20)13(21)12-9(16)6-8(18)7-10(12)17/h6-7,11,13,20-21H,4-5,18H2,1-3H3,(H,19,22). The first-order valence-electron chi connectivity index (χ1n) is 7.08. The average molecular weight is 365 g/mol. The molecule has 2 atom stereocenters. The van der Waals surface area contributed by atoms with Crippen molar-refractivity contribution >= 4 is 35.0 Å². The fraction of sp³-hybridized carbons (Fsp3) is 0.533. The van der Waals surface area contributed by atoms with Crippen molar-refractivity contribution < 1.29 is 19.7 Å². The number of aliphatic hydroxyl groups excluding tert-OH is 2. The summed E-state index contributed by atoms with van der Waals surface area (Å²) in [6.07, 6.45) is -2.96. The van der Waals surface area contributed by atoms with E-state index in [1.165, 1.54) is 12.1 Å². The second-order valence-corrected chi connectivity index (χ2v) is 6.94. The fourth-order valence-electron chi connectivity index (χ4n) is 1.87. The molecule has 8 heteroatoms. The van der Waals surface area contributed by atoms with E-state index in [2.05, 4.69) is 5.32 Å². The minimum absolute atomic E-state index is 0.0947. The third-order valence-corrected chi connectivity index (χ3v) is 3.50. The Kier molecular flexibility index (Phi) is 6.95. The van der Waals surface area contributed by atoms with Crippen LogP contribution in [0.4, 0.5) is 10.5 Å². The van der Waals surface area contributed by atoms with Gasteiger partial charge in [-0.3, -0.25) is 0 Å². The quantitative estimate of drug-likeness (QED) is 0.601. The second-order valence-electron chi connectivity index (χ2n) is 6.13. The number of aliphatic hydroxyl groups is 2. The molecule has 0 bridgehead atoms. The lowest BCUT2D eigenvalue weighted by Crippen LogP contribution is -2.34. The van der Waals surface area contributed by atoms with Gasteiger partial charge in [-0.05, 0) is 39.3 Å². The molecule has 1 amide bonds. The average Bonchev–Trinajstić information content (AvgIpc) is 2.34. The van der Waals surface area contributed by atoms with Crippen LogP contribution < -0.4 is 11.1 Å². The molecule has 1 aromatic carbocycles. The highest BCUT2D eigenvalue weighted by atomic mass is 35.5. The van der Waals surface area contributed by atoms with Crippen LogP contribution in [0.15, 0.2) is 12.1 Å². The van der Waals surface area contributed by atoms with E-state index in [4.69, 9.17) is 33.7 Å². The molecule has 23 heavy (non-hydrogen) atoms. The van der Waals surface area contributed by atoms with Gasteiger partial charge in [-0.2, -0.15) is 0 Å². The molecule has 0 fully saturated rings. The predicted molar refractivity (Wildman–Crippen MR) is 90.7 cm³/mol. The lowest BCUT2D eigenvalue weighted by Gasteiger charge is -2.22. The number of amides is 1. The van der Waals surface area contributed by atoms with Crippen LogP contribution in [0.1, 0.15) is 38.9 Å². The van der Waals surface area contributed by atoms with Crippen molar-refractivity contribution in [3.05, 3.63) is 27.7 Å². The van der Waals surface area contributed by atoms with Gasteiger partial charge in [-0.25, -0.2) is 4.79 Å². The smallest absolute Gasteiger partial charge is 0.407 e. The molecular weight excluding hydrogens is 343 g/mol. The molecule has 0 radical (unpaired) electrons. The van der Waals surface area contributed by atoms with Crippen LogP contribution in [0.3, 0.4) is 0 Å². The summed E-state index contributed by atoms with van der Waals surface area (Å²) >= 11 is 12.0. The van der Waals surface area contributed by atoms with Crippen LogP contribution >= 0.6 is 23.2 Å². The van der Waals surface area contributed by atoms with Gasteiger partial charge in [0.1, 0.15) is 11.7 Å². The number of rotatable bonds is 5.